The van der Waals surface area contributed by atoms with Crippen LogP contribution >= 0.6 is 11.3 Å². The molecule has 3 rings (SSSR count). The smallest absolute Gasteiger partial charge is 0.256 e. The SMILES string of the molecule is COCCN(CCOC)S(=O)(=O)c1ccc(C(=O)Nc2sc3c(c2C(N)=O)CCCC3)cc1. The maximum atomic E-state index is 13.0. The number of amides is 2. The molecule has 1 aromatic heterocycles. The number of thiophene rings is 1. The van der Waals surface area contributed by atoms with E-state index in [1.807, 2.05) is 0 Å². The van der Waals surface area contributed by atoms with Crippen LogP contribution in [0.3, 0.4) is 0 Å². The predicted molar refractivity (Wildman–Crippen MR) is 126 cm³/mol. The Morgan fingerprint density at radius 3 is 2.24 bits per heavy atom. The minimum Gasteiger partial charge on any atom is -0.383 e. The Morgan fingerprint density at radius 1 is 1.06 bits per heavy atom. The first kappa shape index (κ1) is 25.3. The summed E-state index contributed by atoms with van der Waals surface area (Å²) in [5.74, 6) is -0.992. The maximum Gasteiger partial charge on any atom is 0.256 e. The van der Waals surface area contributed by atoms with Gasteiger partial charge in [-0.05, 0) is 55.5 Å². The number of primary amides is 1. The lowest BCUT2D eigenvalue weighted by molar-refractivity contribution is 0.100. The highest BCUT2D eigenvalue weighted by Crippen LogP contribution is 2.38. The van der Waals surface area contributed by atoms with Crippen LogP contribution in [0.5, 0.6) is 0 Å². The lowest BCUT2D eigenvalue weighted by atomic mass is 9.95. The number of rotatable bonds is 11. The average molecular weight is 496 g/mol. The third kappa shape index (κ3) is 5.79. The molecule has 0 radical (unpaired) electrons. The average Bonchev–Trinajstić information content (AvgIpc) is 3.17. The van der Waals surface area contributed by atoms with Crippen molar-refractivity contribution in [1.82, 2.24) is 4.31 Å². The molecule has 11 heteroatoms. The molecule has 0 fully saturated rings. The zero-order valence-electron chi connectivity index (χ0n) is 18.8. The van der Waals surface area contributed by atoms with Gasteiger partial charge < -0.3 is 20.5 Å². The Balaban J connectivity index is 1.79. The van der Waals surface area contributed by atoms with Crippen LogP contribution in [-0.4, -0.2) is 65.1 Å². The largest absolute Gasteiger partial charge is 0.383 e. The third-order valence-electron chi connectivity index (χ3n) is 5.49. The Kier molecular flexibility index (Phi) is 8.60. The van der Waals surface area contributed by atoms with Crippen LogP contribution in [0.4, 0.5) is 5.00 Å². The van der Waals surface area contributed by atoms with Crippen molar-refractivity contribution < 1.29 is 27.5 Å². The fraction of sp³-hybridized carbons (Fsp3) is 0.455. The summed E-state index contributed by atoms with van der Waals surface area (Å²) in [5.41, 5.74) is 7.18. The number of carbonyl (C=O) groups is 2. The van der Waals surface area contributed by atoms with E-state index in [0.29, 0.717) is 10.6 Å². The van der Waals surface area contributed by atoms with Gasteiger partial charge in [0, 0.05) is 37.7 Å². The molecule has 0 atom stereocenters. The number of fused-ring (bicyclic) bond motifs is 1. The van der Waals surface area contributed by atoms with Gasteiger partial charge in [0.15, 0.2) is 0 Å². The number of nitrogens with one attached hydrogen (secondary N) is 1. The van der Waals surface area contributed by atoms with Gasteiger partial charge in [-0.2, -0.15) is 4.31 Å². The van der Waals surface area contributed by atoms with Crippen LogP contribution in [0, 0.1) is 0 Å². The first-order valence-corrected chi connectivity index (χ1v) is 12.9. The molecule has 0 saturated heterocycles. The quantitative estimate of drug-likeness (QED) is 0.492. The van der Waals surface area contributed by atoms with Crippen LogP contribution in [-0.2, 0) is 32.3 Å². The molecule has 2 aromatic rings. The second-order valence-electron chi connectivity index (χ2n) is 7.65. The van der Waals surface area contributed by atoms with E-state index in [2.05, 4.69) is 5.32 Å². The van der Waals surface area contributed by atoms with Crippen LogP contribution < -0.4 is 11.1 Å². The fourth-order valence-corrected chi connectivity index (χ4v) is 6.45. The number of carbonyl (C=O) groups excluding carboxylic acids is 2. The normalized spacial score (nSPS) is 13.7. The monoisotopic (exact) mass is 495 g/mol. The third-order valence-corrected chi connectivity index (χ3v) is 8.61. The number of aryl methyl sites for hydroxylation is 1. The van der Waals surface area contributed by atoms with Gasteiger partial charge >= 0.3 is 0 Å². The van der Waals surface area contributed by atoms with Crippen molar-refractivity contribution >= 4 is 38.2 Å². The van der Waals surface area contributed by atoms with Gasteiger partial charge in [0.2, 0.25) is 10.0 Å². The van der Waals surface area contributed by atoms with Crippen molar-refractivity contribution in [2.75, 3.05) is 45.8 Å². The highest BCUT2D eigenvalue weighted by molar-refractivity contribution is 7.89. The van der Waals surface area contributed by atoms with E-state index in [-0.39, 0.29) is 36.8 Å². The number of methoxy groups -OCH3 is 2. The fourth-order valence-electron chi connectivity index (χ4n) is 3.76. The first-order valence-electron chi connectivity index (χ1n) is 10.6. The van der Waals surface area contributed by atoms with Gasteiger partial charge in [-0.25, -0.2) is 8.42 Å². The van der Waals surface area contributed by atoms with Crippen LogP contribution in [0.25, 0.3) is 0 Å². The highest BCUT2D eigenvalue weighted by atomic mass is 32.2. The summed E-state index contributed by atoms with van der Waals surface area (Å²) in [4.78, 5) is 26.0. The number of nitrogens with two attached hydrogens (primary N) is 1. The Hall–Kier alpha value is -2.31. The van der Waals surface area contributed by atoms with Crippen molar-refractivity contribution in [3.63, 3.8) is 0 Å². The Bertz CT molecular complexity index is 1090. The highest BCUT2D eigenvalue weighted by Gasteiger charge is 2.26. The molecule has 0 aliphatic heterocycles. The first-order chi connectivity index (χ1) is 15.8. The van der Waals surface area contributed by atoms with Gasteiger partial charge in [0.25, 0.3) is 11.8 Å². The second kappa shape index (κ2) is 11.2. The molecular formula is C22H29N3O6S2. The molecule has 0 spiro atoms. The van der Waals surface area contributed by atoms with E-state index in [4.69, 9.17) is 15.2 Å². The van der Waals surface area contributed by atoms with E-state index in [1.165, 1.54) is 54.1 Å². The molecule has 1 aliphatic carbocycles. The standard InChI is InChI=1S/C22H29N3O6S2/c1-30-13-11-25(12-14-31-2)33(28,29)16-9-7-15(8-10-16)21(27)24-22-19(20(23)26)17-5-3-4-6-18(17)32-22/h7-10H,3-6,11-14H2,1-2H3,(H2,23,26)(H,24,27). The number of sulfonamides is 1. The van der Waals surface area contributed by atoms with Gasteiger partial charge in [-0.1, -0.05) is 0 Å². The summed E-state index contributed by atoms with van der Waals surface area (Å²) in [6.07, 6.45) is 3.67. The zero-order valence-corrected chi connectivity index (χ0v) is 20.4. The number of hydrogen-bond donors (Lipinski definition) is 2. The van der Waals surface area contributed by atoms with Crippen LogP contribution in [0.2, 0.25) is 0 Å². The molecule has 0 saturated carbocycles. The summed E-state index contributed by atoms with van der Waals surface area (Å²) in [5, 5.41) is 3.23. The maximum absolute atomic E-state index is 13.0. The molecule has 0 bridgehead atoms. The number of anilines is 1. The molecule has 3 N–H and O–H groups in total. The summed E-state index contributed by atoms with van der Waals surface area (Å²) in [6.45, 7) is 0.861. The number of hydrogen-bond acceptors (Lipinski definition) is 7. The molecule has 1 heterocycles. The Morgan fingerprint density at radius 2 is 1.67 bits per heavy atom. The summed E-state index contributed by atoms with van der Waals surface area (Å²) < 4.78 is 37.3. The number of benzene rings is 1. The van der Waals surface area contributed by atoms with Crippen molar-refractivity contribution in [3.8, 4) is 0 Å². The van der Waals surface area contributed by atoms with Crippen LogP contribution in [0.15, 0.2) is 29.2 Å². The minimum atomic E-state index is -3.78. The van der Waals surface area contributed by atoms with Crippen molar-refractivity contribution in [2.45, 2.75) is 30.6 Å². The van der Waals surface area contributed by atoms with Gasteiger partial charge in [-0.15, -0.1) is 11.3 Å². The minimum absolute atomic E-state index is 0.0654. The number of nitrogens with zero attached hydrogens (tertiary/aromatic N) is 1. The molecule has 2 amide bonds. The lowest BCUT2D eigenvalue weighted by Crippen LogP contribution is -2.36. The van der Waals surface area contributed by atoms with E-state index < -0.39 is 21.8 Å². The lowest BCUT2D eigenvalue weighted by Gasteiger charge is -2.21. The topological polar surface area (TPSA) is 128 Å². The van der Waals surface area contributed by atoms with E-state index in [1.54, 1.807) is 0 Å². The van der Waals surface area contributed by atoms with Crippen LogP contribution in [0.1, 0.15) is 44.0 Å². The van der Waals surface area contributed by atoms with E-state index in [9.17, 15) is 18.0 Å². The van der Waals surface area contributed by atoms with Gasteiger partial charge in [-0.3, -0.25) is 9.59 Å². The second-order valence-corrected chi connectivity index (χ2v) is 10.7. The molecule has 180 valence electrons. The summed E-state index contributed by atoms with van der Waals surface area (Å²) in [6, 6.07) is 5.69. The van der Waals surface area contributed by atoms with E-state index in [0.717, 1.165) is 36.1 Å². The molecule has 0 unspecified atom stereocenters. The number of ether oxygens (including phenoxy) is 2. The molecule has 1 aromatic carbocycles. The molecule has 9 nitrogen and oxygen atoms in total. The van der Waals surface area contributed by atoms with Crippen molar-refractivity contribution in [2.24, 2.45) is 5.73 Å². The summed E-state index contributed by atoms with van der Waals surface area (Å²) in [7, 11) is -0.780. The predicted octanol–water partition coefficient (Wildman–Crippen LogP) is 2.26. The van der Waals surface area contributed by atoms with Gasteiger partial charge in [0.1, 0.15) is 5.00 Å². The molecular weight excluding hydrogens is 466 g/mol. The molecule has 33 heavy (non-hydrogen) atoms. The van der Waals surface area contributed by atoms with E-state index >= 15 is 0 Å². The Labute approximate surface area is 197 Å². The zero-order chi connectivity index (χ0) is 24.0. The summed E-state index contributed by atoms with van der Waals surface area (Å²) >= 11 is 1.38. The van der Waals surface area contributed by atoms with Gasteiger partial charge in [0.05, 0.1) is 23.7 Å². The van der Waals surface area contributed by atoms with Crippen molar-refractivity contribution in [3.05, 3.63) is 45.8 Å². The van der Waals surface area contributed by atoms with Crippen molar-refractivity contribution in [1.29, 1.82) is 0 Å². The molecule has 1 aliphatic rings.